The molecule has 0 amide bonds. The normalized spacial score (nSPS) is 15.4. The molecular weight excluding hydrogens is 285 g/mol. The lowest BCUT2D eigenvalue weighted by Crippen LogP contribution is -2.47. The number of hydrogen-bond acceptors (Lipinski definition) is 4. The molecule has 0 unspecified atom stereocenters. The molecule has 19 heavy (non-hydrogen) atoms. The topological polar surface area (TPSA) is 41.7 Å². The van der Waals surface area contributed by atoms with E-state index in [-0.39, 0.29) is 24.8 Å². The van der Waals surface area contributed by atoms with Crippen LogP contribution >= 0.6 is 24.8 Å². The molecule has 0 aliphatic carbocycles. The van der Waals surface area contributed by atoms with Gasteiger partial charge in [0.25, 0.3) is 0 Å². The Morgan fingerprint density at radius 3 is 2.11 bits per heavy atom. The van der Waals surface area contributed by atoms with Crippen LogP contribution in [0.4, 0.5) is 5.69 Å². The highest BCUT2D eigenvalue weighted by molar-refractivity contribution is 5.85. The number of halogens is 2. The third kappa shape index (κ3) is 5.07. The molecule has 1 fully saturated rings. The Balaban J connectivity index is 0.00000162. The van der Waals surface area contributed by atoms with Crippen LogP contribution in [0.5, 0.6) is 5.75 Å². The first-order valence-corrected chi connectivity index (χ1v) is 6.15. The lowest BCUT2D eigenvalue weighted by molar-refractivity contribution is 0.265. The summed E-state index contributed by atoms with van der Waals surface area (Å²) in [6.07, 6.45) is 0. The Labute approximate surface area is 127 Å². The van der Waals surface area contributed by atoms with Gasteiger partial charge in [-0.1, -0.05) is 0 Å². The molecule has 1 aliphatic heterocycles. The van der Waals surface area contributed by atoms with Crippen molar-refractivity contribution in [1.29, 1.82) is 0 Å². The molecule has 0 aromatic heterocycles. The van der Waals surface area contributed by atoms with Crippen LogP contribution in [0.15, 0.2) is 24.3 Å². The van der Waals surface area contributed by atoms with Crippen molar-refractivity contribution in [3.05, 3.63) is 24.3 Å². The second kappa shape index (κ2) is 9.26. The van der Waals surface area contributed by atoms with Gasteiger partial charge in [-0.3, -0.25) is 4.90 Å². The molecule has 1 saturated heterocycles. The molecule has 1 aromatic carbocycles. The minimum absolute atomic E-state index is 0. The number of rotatable bonds is 4. The van der Waals surface area contributed by atoms with Crippen molar-refractivity contribution >= 4 is 30.5 Å². The first-order chi connectivity index (χ1) is 8.33. The number of benzene rings is 1. The summed E-state index contributed by atoms with van der Waals surface area (Å²) >= 11 is 0. The summed E-state index contributed by atoms with van der Waals surface area (Å²) in [6.45, 7) is 6.12. The summed E-state index contributed by atoms with van der Waals surface area (Å²) in [5.74, 6) is 0.913. The van der Waals surface area contributed by atoms with Gasteiger partial charge in [-0.25, -0.2) is 0 Å². The molecule has 1 aliphatic rings. The highest BCUT2D eigenvalue weighted by Gasteiger charge is 2.16. The second-order valence-corrected chi connectivity index (χ2v) is 4.32. The monoisotopic (exact) mass is 307 g/mol. The molecule has 4 nitrogen and oxygen atoms in total. The Morgan fingerprint density at radius 2 is 1.63 bits per heavy atom. The minimum Gasteiger partial charge on any atom is -0.497 e. The molecule has 0 bridgehead atoms. The third-order valence-electron chi connectivity index (χ3n) is 3.26. The maximum absolute atomic E-state index is 5.57. The first-order valence-electron chi connectivity index (χ1n) is 6.15. The fourth-order valence-corrected chi connectivity index (χ4v) is 2.21. The zero-order chi connectivity index (χ0) is 12.1. The van der Waals surface area contributed by atoms with Gasteiger partial charge in [0.05, 0.1) is 7.11 Å². The maximum Gasteiger partial charge on any atom is 0.119 e. The minimum atomic E-state index is 0. The van der Waals surface area contributed by atoms with Crippen molar-refractivity contribution in [2.24, 2.45) is 5.73 Å². The SMILES string of the molecule is COc1ccc(N2CCN(CCN)CC2)cc1.Cl.Cl. The predicted molar refractivity (Wildman–Crippen MR) is 85.2 cm³/mol. The van der Waals surface area contributed by atoms with Crippen molar-refractivity contribution in [3.63, 3.8) is 0 Å². The smallest absolute Gasteiger partial charge is 0.119 e. The number of piperazine rings is 1. The molecule has 1 aromatic rings. The average molecular weight is 308 g/mol. The zero-order valence-corrected chi connectivity index (χ0v) is 12.9. The van der Waals surface area contributed by atoms with E-state index < -0.39 is 0 Å². The van der Waals surface area contributed by atoms with E-state index in [9.17, 15) is 0 Å². The Kier molecular flexibility index (Phi) is 8.93. The number of methoxy groups -OCH3 is 1. The molecule has 6 heteroatoms. The number of ether oxygens (including phenoxy) is 1. The number of hydrogen-bond donors (Lipinski definition) is 1. The summed E-state index contributed by atoms with van der Waals surface area (Å²) in [6, 6.07) is 8.28. The molecule has 2 rings (SSSR count). The molecule has 0 spiro atoms. The van der Waals surface area contributed by atoms with Crippen LogP contribution in [0.25, 0.3) is 0 Å². The van der Waals surface area contributed by atoms with Crippen molar-refractivity contribution in [1.82, 2.24) is 4.90 Å². The standard InChI is InChI=1S/C13H21N3O.2ClH/c1-17-13-4-2-12(3-5-13)16-10-8-15(7-6-14)9-11-16;;/h2-5H,6-11,14H2,1H3;2*1H. The fourth-order valence-electron chi connectivity index (χ4n) is 2.21. The summed E-state index contributed by atoms with van der Waals surface area (Å²) in [4.78, 5) is 4.83. The first kappa shape index (κ1) is 18.3. The lowest BCUT2D eigenvalue weighted by atomic mass is 10.2. The number of nitrogens with two attached hydrogens (primary N) is 1. The second-order valence-electron chi connectivity index (χ2n) is 4.32. The van der Waals surface area contributed by atoms with E-state index >= 15 is 0 Å². The van der Waals surface area contributed by atoms with Gasteiger partial charge in [-0.2, -0.15) is 0 Å². The quantitative estimate of drug-likeness (QED) is 0.918. The Morgan fingerprint density at radius 1 is 1.05 bits per heavy atom. The third-order valence-corrected chi connectivity index (χ3v) is 3.26. The van der Waals surface area contributed by atoms with Gasteiger partial charge in [0.15, 0.2) is 0 Å². The molecule has 1 heterocycles. The van der Waals surface area contributed by atoms with Crippen LogP contribution < -0.4 is 15.4 Å². The van der Waals surface area contributed by atoms with Gasteiger partial charge < -0.3 is 15.4 Å². The zero-order valence-electron chi connectivity index (χ0n) is 11.2. The Bertz CT molecular complexity index is 340. The van der Waals surface area contributed by atoms with Crippen LogP contribution in [0.1, 0.15) is 0 Å². The van der Waals surface area contributed by atoms with Gasteiger partial charge in [-0.05, 0) is 24.3 Å². The molecule has 0 radical (unpaired) electrons. The highest BCUT2D eigenvalue weighted by Crippen LogP contribution is 2.20. The van der Waals surface area contributed by atoms with Crippen molar-refractivity contribution < 1.29 is 4.74 Å². The predicted octanol–water partition coefficient (Wildman–Crippen LogP) is 1.62. The largest absolute Gasteiger partial charge is 0.497 e. The van der Waals surface area contributed by atoms with Crippen LogP contribution in [0, 0.1) is 0 Å². The van der Waals surface area contributed by atoms with Gasteiger partial charge >= 0.3 is 0 Å². The van der Waals surface area contributed by atoms with E-state index in [0.29, 0.717) is 0 Å². The van der Waals surface area contributed by atoms with Crippen LogP contribution in [-0.2, 0) is 0 Å². The van der Waals surface area contributed by atoms with Crippen LogP contribution in [0.2, 0.25) is 0 Å². The van der Waals surface area contributed by atoms with Crippen molar-refractivity contribution in [3.8, 4) is 5.75 Å². The van der Waals surface area contributed by atoms with Crippen LogP contribution in [-0.4, -0.2) is 51.3 Å². The summed E-state index contributed by atoms with van der Waals surface area (Å²) < 4.78 is 5.16. The van der Waals surface area contributed by atoms with Gasteiger partial charge in [0.2, 0.25) is 0 Å². The maximum atomic E-state index is 5.57. The highest BCUT2D eigenvalue weighted by atomic mass is 35.5. The molecule has 0 saturated carbocycles. The van der Waals surface area contributed by atoms with E-state index in [1.165, 1.54) is 5.69 Å². The number of anilines is 1. The van der Waals surface area contributed by atoms with E-state index in [0.717, 1.165) is 45.0 Å². The van der Waals surface area contributed by atoms with E-state index in [4.69, 9.17) is 10.5 Å². The molecule has 0 atom stereocenters. The van der Waals surface area contributed by atoms with Gasteiger partial charge in [0, 0.05) is 45.0 Å². The van der Waals surface area contributed by atoms with E-state index in [1.807, 2.05) is 12.1 Å². The van der Waals surface area contributed by atoms with Crippen LogP contribution in [0.3, 0.4) is 0 Å². The molecular formula is C13H23Cl2N3O. The summed E-state index contributed by atoms with van der Waals surface area (Å²) in [7, 11) is 1.70. The summed E-state index contributed by atoms with van der Waals surface area (Å²) in [5, 5.41) is 0. The lowest BCUT2D eigenvalue weighted by Gasteiger charge is -2.35. The van der Waals surface area contributed by atoms with Crippen molar-refractivity contribution in [2.45, 2.75) is 0 Å². The van der Waals surface area contributed by atoms with Crippen molar-refractivity contribution in [2.75, 3.05) is 51.3 Å². The fraction of sp³-hybridized carbons (Fsp3) is 0.538. The van der Waals surface area contributed by atoms with E-state index in [2.05, 4.69) is 21.9 Å². The average Bonchev–Trinajstić information content (AvgIpc) is 2.40. The molecule has 110 valence electrons. The number of nitrogens with zero attached hydrogens (tertiary/aromatic N) is 2. The molecule has 2 N–H and O–H groups in total. The Hall–Kier alpha value is -0.680. The van der Waals surface area contributed by atoms with Gasteiger partial charge in [0.1, 0.15) is 5.75 Å². The van der Waals surface area contributed by atoms with Gasteiger partial charge in [-0.15, -0.1) is 24.8 Å². The van der Waals surface area contributed by atoms with E-state index in [1.54, 1.807) is 7.11 Å². The summed E-state index contributed by atoms with van der Waals surface area (Å²) in [5.41, 5.74) is 6.84.